The molecule has 0 spiro atoms. The first kappa shape index (κ1) is 17.0. The number of carboxylic acids is 1. The van der Waals surface area contributed by atoms with Gasteiger partial charge in [0.15, 0.2) is 0 Å². The summed E-state index contributed by atoms with van der Waals surface area (Å²) in [5, 5.41) is 9.56. The molecule has 1 saturated carbocycles. The van der Waals surface area contributed by atoms with Gasteiger partial charge in [0.05, 0.1) is 11.3 Å². The van der Waals surface area contributed by atoms with E-state index in [1.54, 1.807) is 0 Å². The molecule has 0 bridgehead atoms. The molecule has 0 radical (unpaired) electrons. The predicted octanol–water partition coefficient (Wildman–Crippen LogP) is 3.64. The summed E-state index contributed by atoms with van der Waals surface area (Å²) in [5.41, 5.74) is -1.14. The second-order valence-corrected chi connectivity index (χ2v) is 7.24. The van der Waals surface area contributed by atoms with Crippen molar-refractivity contribution in [1.29, 1.82) is 0 Å². The summed E-state index contributed by atoms with van der Waals surface area (Å²) in [6.45, 7) is 9.32. The Bertz CT molecular complexity index is 361. The molecule has 1 rings (SSSR count). The molecule has 1 aliphatic rings. The Morgan fingerprint density at radius 3 is 2.10 bits per heavy atom. The zero-order chi connectivity index (χ0) is 15.6. The van der Waals surface area contributed by atoms with Crippen molar-refractivity contribution in [2.45, 2.75) is 72.3 Å². The number of hydrogen-bond acceptors (Lipinski definition) is 3. The maximum Gasteiger partial charge on any atom is 0.309 e. The highest BCUT2D eigenvalue weighted by Crippen LogP contribution is 2.46. The van der Waals surface area contributed by atoms with E-state index in [1.165, 1.54) is 0 Å². The highest BCUT2D eigenvalue weighted by molar-refractivity contribution is 5.76. The maximum atomic E-state index is 12.0. The lowest BCUT2D eigenvalue weighted by Gasteiger charge is -2.33. The molecule has 0 aromatic carbocycles. The molecule has 0 aliphatic heterocycles. The molecular formula is C16H28O4. The van der Waals surface area contributed by atoms with Crippen LogP contribution in [0.3, 0.4) is 0 Å². The van der Waals surface area contributed by atoms with E-state index < -0.39 is 17.0 Å². The van der Waals surface area contributed by atoms with Crippen LogP contribution in [0, 0.1) is 17.3 Å². The first-order valence-electron chi connectivity index (χ1n) is 7.55. The van der Waals surface area contributed by atoms with E-state index in [4.69, 9.17) is 4.74 Å². The summed E-state index contributed by atoms with van der Waals surface area (Å²) in [7, 11) is 0. The van der Waals surface area contributed by atoms with Gasteiger partial charge in [0, 0.05) is 0 Å². The Kier molecular flexibility index (Phi) is 5.22. The minimum absolute atomic E-state index is 0.00924. The van der Waals surface area contributed by atoms with E-state index >= 15 is 0 Å². The summed E-state index contributed by atoms with van der Waals surface area (Å²) < 4.78 is 5.37. The van der Waals surface area contributed by atoms with Gasteiger partial charge in [0.25, 0.3) is 0 Å². The average molecular weight is 284 g/mol. The minimum Gasteiger partial charge on any atom is -0.481 e. The van der Waals surface area contributed by atoms with Gasteiger partial charge >= 0.3 is 11.9 Å². The molecule has 1 aliphatic carbocycles. The largest absolute Gasteiger partial charge is 0.481 e. The molecule has 4 heteroatoms. The van der Waals surface area contributed by atoms with E-state index in [-0.39, 0.29) is 17.8 Å². The number of carboxylic acid groups (broad SMARTS) is 1. The predicted molar refractivity (Wildman–Crippen MR) is 77.3 cm³/mol. The third kappa shape index (κ3) is 3.97. The van der Waals surface area contributed by atoms with Gasteiger partial charge < -0.3 is 9.84 Å². The SMILES string of the molecule is CC(C[C@@H](C)C(=O)OC(C)(C)C)C1(C(=O)O)CCCC1. The molecule has 1 unspecified atom stereocenters. The summed E-state index contributed by atoms with van der Waals surface area (Å²) in [6.07, 6.45) is 3.96. The first-order valence-corrected chi connectivity index (χ1v) is 7.55. The van der Waals surface area contributed by atoms with Crippen molar-refractivity contribution in [3.8, 4) is 0 Å². The van der Waals surface area contributed by atoms with Gasteiger partial charge in [-0.1, -0.05) is 26.7 Å². The van der Waals surface area contributed by atoms with Crippen molar-refractivity contribution in [3.05, 3.63) is 0 Å². The van der Waals surface area contributed by atoms with E-state index in [1.807, 2.05) is 34.6 Å². The summed E-state index contributed by atoms with van der Waals surface area (Å²) >= 11 is 0. The fraction of sp³-hybridized carbons (Fsp3) is 0.875. The average Bonchev–Trinajstić information content (AvgIpc) is 2.76. The fourth-order valence-corrected chi connectivity index (χ4v) is 3.18. The van der Waals surface area contributed by atoms with E-state index in [9.17, 15) is 14.7 Å². The quantitative estimate of drug-likeness (QED) is 0.783. The number of carbonyl (C=O) groups excluding carboxylic acids is 1. The molecular weight excluding hydrogens is 256 g/mol. The van der Waals surface area contributed by atoms with Gasteiger partial charge in [-0.15, -0.1) is 0 Å². The Labute approximate surface area is 121 Å². The van der Waals surface area contributed by atoms with Crippen molar-refractivity contribution in [1.82, 2.24) is 0 Å². The minimum atomic E-state index is -0.709. The number of esters is 1. The molecule has 2 atom stereocenters. The van der Waals surface area contributed by atoms with Crippen LogP contribution in [0.25, 0.3) is 0 Å². The fourth-order valence-electron chi connectivity index (χ4n) is 3.18. The highest BCUT2D eigenvalue weighted by Gasteiger charge is 2.46. The first-order chi connectivity index (χ1) is 9.08. The highest BCUT2D eigenvalue weighted by atomic mass is 16.6. The van der Waals surface area contributed by atoms with Gasteiger partial charge in [-0.2, -0.15) is 0 Å². The molecule has 0 amide bonds. The van der Waals surface area contributed by atoms with Crippen molar-refractivity contribution < 1.29 is 19.4 Å². The molecule has 116 valence electrons. The van der Waals surface area contributed by atoms with Crippen LogP contribution in [-0.2, 0) is 14.3 Å². The number of carbonyl (C=O) groups is 2. The lowest BCUT2D eigenvalue weighted by atomic mass is 9.71. The van der Waals surface area contributed by atoms with Crippen molar-refractivity contribution in [3.63, 3.8) is 0 Å². The summed E-state index contributed by atoms with van der Waals surface area (Å²) in [4.78, 5) is 23.6. The third-order valence-electron chi connectivity index (χ3n) is 4.38. The topological polar surface area (TPSA) is 63.6 Å². The number of ether oxygens (including phenoxy) is 1. The number of hydrogen-bond donors (Lipinski definition) is 1. The van der Waals surface area contributed by atoms with Crippen LogP contribution in [0.5, 0.6) is 0 Å². The van der Waals surface area contributed by atoms with Gasteiger partial charge in [0.2, 0.25) is 0 Å². The van der Waals surface area contributed by atoms with Crippen LogP contribution in [0.4, 0.5) is 0 Å². The van der Waals surface area contributed by atoms with Crippen LogP contribution in [-0.4, -0.2) is 22.6 Å². The monoisotopic (exact) mass is 284 g/mol. The van der Waals surface area contributed by atoms with E-state index in [0.29, 0.717) is 6.42 Å². The van der Waals surface area contributed by atoms with Crippen molar-refractivity contribution >= 4 is 11.9 Å². The van der Waals surface area contributed by atoms with Crippen LogP contribution >= 0.6 is 0 Å². The van der Waals surface area contributed by atoms with Gasteiger partial charge in [-0.25, -0.2) is 0 Å². The van der Waals surface area contributed by atoms with Crippen LogP contribution in [0.15, 0.2) is 0 Å². The Balaban J connectivity index is 2.67. The van der Waals surface area contributed by atoms with Gasteiger partial charge in [-0.3, -0.25) is 9.59 Å². The van der Waals surface area contributed by atoms with E-state index in [2.05, 4.69) is 0 Å². The number of aliphatic carboxylic acids is 1. The zero-order valence-corrected chi connectivity index (χ0v) is 13.4. The Hall–Kier alpha value is -1.06. The molecule has 0 heterocycles. The van der Waals surface area contributed by atoms with Gasteiger partial charge in [-0.05, 0) is 46.0 Å². The lowest BCUT2D eigenvalue weighted by Crippen LogP contribution is -2.37. The van der Waals surface area contributed by atoms with Crippen molar-refractivity contribution in [2.75, 3.05) is 0 Å². The zero-order valence-electron chi connectivity index (χ0n) is 13.4. The standard InChI is InChI=1S/C16H28O4/c1-11(13(17)20-15(3,4)5)10-12(2)16(14(18)19)8-6-7-9-16/h11-12H,6-10H2,1-5H3,(H,18,19)/t11-,12?/m1/s1. The molecule has 4 nitrogen and oxygen atoms in total. The maximum absolute atomic E-state index is 12.0. The van der Waals surface area contributed by atoms with Crippen LogP contribution in [0.1, 0.15) is 66.7 Å². The smallest absolute Gasteiger partial charge is 0.309 e. The summed E-state index contributed by atoms with van der Waals surface area (Å²) in [5.74, 6) is -1.21. The second-order valence-electron chi connectivity index (χ2n) is 7.24. The van der Waals surface area contributed by atoms with Crippen molar-refractivity contribution in [2.24, 2.45) is 17.3 Å². The molecule has 20 heavy (non-hydrogen) atoms. The third-order valence-corrected chi connectivity index (χ3v) is 4.38. The summed E-state index contributed by atoms with van der Waals surface area (Å²) in [6, 6.07) is 0. The molecule has 0 saturated heterocycles. The van der Waals surface area contributed by atoms with Gasteiger partial charge in [0.1, 0.15) is 5.60 Å². The van der Waals surface area contributed by atoms with E-state index in [0.717, 1.165) is 25.7 Å². The Morgan fingerprint density at radius 2 is 1.70 bits per heavy atom. The van der Waals surface area contributed by atoms with Crippen LogP contribution in [0.2, 0.25) is 0 Å². The molecule has 0 aromatic rings. The lowest BCUT2D eigenvalue weighted by molar-refractivity contribution is -0.162. The Morgan fingerprint density at radius 1 is 1.20 bits per heavy atom. The molecule has 1 N–H and O–H groups in total. The second kappa shape index (κ2) is 6.15. The molecule has 0 aromatic heterocycles. The normalized spacial score (nSPS) is 21.2. The van der Waals surface area contributed by atoms with Crippen LogP contribution < -0.4 is 0 Å². The number of rotatable bonds is 5. The molecule has 1 fully saturated rings.